The summed E-state index contributed by atoms with van der Waals surface area (Å²) >= 11 is 0. The molecule has 2 aromatic rings. The van der Waals surface area contributed by atoms with Gasteiger partial charge in [0, 0.05) is 13.5 Å². The van der Waals surface area contributed by atoms with Crippen LogP contribution in [0.4, 0.5) is 0 Å². The highest BCUT2D eigenvalue weighted by atomic mass is 16.7. The number of methoxy groups -OCH3 is 1. The van der Waals surface area contributed by atoms with Gasteiger partial charge in [0.1, 0.15) is 11.9 Å². The van der Waals surface area contributed by atoms with Crippen molar-refractivity contribution < 1.29 is 9.57 Å². The second-order valence-corrected chi connectivity index (χ2v) is 5.08. The van der Waals surface area contributed by atoms with Crippen LogP contribution < -0.4 is 4.74 Å². The third kappa shape index (κ3) is 2.55. The van der Waals surface area contributed by atoms with Crippen LogP contribution in [0.2, 0.25) is 0 Å². The van der Waals surface area contributed by atoms with Crippen LogP contribution in [0, 0.1) is 0 Å². The maximum Gasteiger partial charge on any atom is 0.118 e. The van der Waals surface area contributed by atoms with Crippen molar-refractivity contribution in [2.45, 2.75) is 18.6 Å². The maximum atomic E-state index is 5.98. The Morgan fingerprint density at radius 3 is 2.35 bits per heavy atom. The van der Waals surface area contributed by atoms with E-state index in [1.807, 2.05) is 30.3 Å². The molecular formula is C17H19NO2. The average Bonchev–Trinajstić information content (AvgIpc) is 2.90. The van der Waals surface area contributed by atoms with E-state index in [4.69, 9.17) is 9.57 Å². The Labute approximate surface area is 119 Å². The van der Waals surface area contributed by atoms with Crippen molar-refractivity contribution >= 4 is 0 Å². The van der Waals surface area contributed by atoms with E-state index in [0.717, 1.165) is 12.2 Å². The zero-order valence-corrected chi connectivity index (χ0v) is 11.8. The number of nitrogens with zero attached hydrogens (tertiary/aromatic N) is 1. The molecule has 0 amide bonds. The van der Waals surface area contributed by atoms with Crippen molar-refractivity contribution in [3.05, 3.63) is 65.7 Å². The highest BCUT2D eigenvalue weighted by Crippen LogP contribution is 2.40. The lowest BCUT2D eigenvalue weighted by Gasteiger charge is -2.17. The van der Waals surface area contributed by atoms with Crippen LogP contribution in [0.3, 0.4) is 0 Å². The molecule has 1 aliphatic rings. The van der Waals surface area contributed by atoms with E-state index in [9.17, 15) is 0 Å². The zero-order valence-electron chi connectivity index (χ0n) is 11.8. The molecule has 1 aliphatic heterocycles. The van der Waals surface area contributed by atoms with Crippen LogP contribution in [0.15, 0.2) is 54.6 Å². The number of hydrogen-bond donors (Lipinski definition) is 0. The summed E-state index contributed by atoms with van der Waals surface area (Å²) in [5.74, 6) is 0.875. The average molecular weight is 269 g/mol. The molecule has 0 unspecified atom stereocenters. The summed E-state index contributed by atoms with van der Waals surface area (Å²) in [6.45, 7) is 0. The Kier molecular flexibility index (Phi) is 3.72. The van der Waals surface area contributed by atoms with Gasteiger partial charge in [0.15, 0.2) is 0 Å². The Balaban J connectivity index is 1.77. The number of benzene rings is 2. The summed E-state index contributed by atoms with van der Waals surface area (Å²) in [6, 6.07) is 18.9. The van der Waals surface area contributed by atoms with Gasteiger partial charge < -0.3 is 4.74 Å². The van der Waals surface area contributed by atoms with Crippen molar-refractivity contribution in [2.75, 3.05) is 14.2 Å². The molecule has 1 fully saturated rings. The van der Waals surface area contributed by atoms with Crippen molar-refractivity contribution in [1.29, 1.82) is 0 Å². The fourth-order valence-corrected chi connectivity index (χ4v) is 2.71. The molecule has 0 bridgehead atoms. The van der Waals surface area contributed by atoms with E-state index in [1.165, 1.54) is 11.1 Å². The topological polar surface area (TPSA) is 21.7 Å². The molecule has 3 heteroatoms. The van der Waals surface area contributed by atoms with Crippen LogP contribution >= 0.6 is 0 Å². The molecule has 3 rings (SSSR count). The normalized spacial score (nSPS) is 22.9. The Morgan fingerprint density at radius 1 is 1.00 bits per heavy atom. The Morgan fingerprint density at radius 2 is 1.70 bits per heavy atom. The molecular weight excluding hydrogens is 250 g/mol. The lowest BCUT2D eigenvalue weighted by Crippen LogP contribution is -2.16. The van der Waals surface area contributed by atoms with Crippen LogP contribution in [0.5, 0.6) is 5.75 Å². The van der Waals surface area contributed by atoms with Gasteiger partial charge in [-0.2, -0.15) is 5.06 Å². The predicted octanol–water partition coefficient (Wildman–Crippen LogP) is 3.74. The molecule has 2 aromatic carbocycles. The van der Waals surface area contributed by atoms with E-state index < -0.39 is 0 Å². The first-order chi connectivity index (χ1) is 9.78. The number of ether oxygens (including phenoxy) is 1. The Bertz CT molecular complexity index is 553. The minimum Gasteiger partial charge on any atom is -0.497 e. The van der Waals surface area contributed by atoms with E-state index in [1.54, 1.807) is 7.11 Å². The highest BCUT2D eigenvalue weighted by molar-refractivity contribution is 5.29. The van der Waals surface area contributed by atoms with E-state index in [-0.39, 0.29) is 6.10 Å². The van der Waals surface area contributed by atoms with Crippen LogP contribution in [-0.2, 0) is 4.84 Å². The number of rotatable bonds is 3. The Hall–Kier alpha value is -1.84. The largest absolute Gasteiger partial charge is 0.497 e. The van der Waals surface area contributed by atoms with Crippen molar-refractivity contribution in [3.8, 4) is 5.75 Å². The summed E-state index contributed by atoms with van der Waals surface area (Å²) in [5.41, 5.74) is 2.49. The fourth-order valence-electron chi connectivity index (χ4n) is 2.71. The third-order valence-electron chi connectivity index (χ3n) is 3.84. The summed E-state index contributed by atoms with van der Waals surface area (Å²) < 4.78 is 5.19. The fraction of sp³-hybridized carbons (Fsp3) is 0.294. The van der Waals surface area contributed by atoms with Crippen LogP contribution in [0.1, 0.15) is 29.7 Å². The first-order valence-corrected chi connectivity index (χ1v) is 6.86. The second-order valence-electron chi connectivity index (χ2n) is 5.08. The van der Waals surface area contributed by atoms with Gasteiger partial charge in [-0.3, -0.25) is 4.84 Å². The number of hydrogen-bond acceptors (Lipinski definition) is 3. The third-order valence-corrected chi connectivity index (χ3v) is 3.84. The molecule has 3 nitrogen and oxygen atoms in total. The summed E-state index contributed by atoms with van der Waals surface area (Å²) in [7, 11) is 3.68. The maximum absolute atomic E-state index is 5.98. The molecule has 0 aliphatic carbocycles. The molecule has 20 heavy (non-hydrogen) atoms. The molecule has 0 radical (unpaired) electrons. The monoisotopic (exact) mass is 269 g/mol. The number of hydroxylamine groups is 2. The van der Waals surface area contributed by atoms with Crippen LogP contribution in [-0.4, -0.2) is 19.2 Å². The minimum atomic E-state index is 0.108. The predicted molar refractivity (Wildman–Crippen MR) is 78.4 cm³/mol. The van der Waals surface area contributed by atoms with Gasteiger partial charge in [0.2, 0.25) is 0 Å². The molecule has 1 heterocycles. The summed E-state index contributed by atoms with van der Waals surface area (Å²) in [5, 5.41) is 1.96. The molecule has 0 N–H and O–H groups in total. The van der Waals surface area contributed by atoms with E-state index in [0.29, 0.717) is 6.04 Å². The molecule has 0 spiro atoms. The highest BCUT2D eigenvalue weighted by Gasteiger charge is 2.32. The van der Waals surface area contributed by atoms with Crippen molar-refractivity contribution in [1.82, 2.24) is 5.06 Å². The van der Waals surface area contributed by atoms with Crippen molar-refractivity contribution in [2.24, 2.45) is 0 Å². The van der Waals surface area contributed by atoms with Gasteiger partial charge in [-0.1, -0.05) is 42.5 Å². The van der Waals surface area contributed by atoms with Gasteiger partial charge in [-0.25, -0.2) is 0 Å². The smallest absolute Gasteiger partial charge is 0.118 e. The van der Waals surface area contributed by atoms with Crippen LogP contribution in [0.25, 0.3) is 0 Å². The zero-order chi connectivity index (χ0) is 13.9. The lowest BCUT2D eigenvalue weighted by atomic mass is 9.98. The molecule has 1 saturated heterocycles. The quantitative estimate of drug-likeness (QED) is 0.847. The lowest BCUT2D eigenvalue weighted by molar-refractivity contribution is -0.146. The molecule has 2 atom stereocenters. The molecule has 0 aromatic heterocycles. The second kappa shape index (κ2) is 5.65. The van der Waals surface area contributed by atoms with Gasteiger partial charge >= 0.3 is 0 Å². The van der Waals surface area contributed by atoms with E-state index in [2.05, 4.69) is 36.4 Å². The molecule has 0 saturated carbocycles. The van der Waals surface area contributed by atoms with Gasteiger partial charge in [0.25, 0.3) is 0 Å². The summed E-state index contributed by atoms with van der Waals surface area (Å²) in [6.07, 6.45) is 1.07. The first-order valence-electron chi connectivity index (χ1n) is 6.86. The first kappa shape index (κ1) is 13.2. The SMILES string of the molecule is COc1ccc([C@@H]2C[C@H](c3ccccc3)N(C)O2)cc1. The summed E-state index contributed by atoms with van der Waals surface area (Å²) in [4.78, 5) is 5.98. The van der Waals surface area contributed by atoms with Gasteiger partial charge in [-0.15, -0.1) is 0 Å². The van der Waals surface area contributed by atoms with Crippen molar-refractivity contribution in [3.63, 3.8) is 0 Å². The minimum absolute atomic E-state index is 0.108. The van der Waals surface area contributed by atoms with Gasteiger partial charge in [0.05, 0.1) is 13.2 Å². The van der Waals surface area contributed by atoms with E-state index >= 15 is 0 Å². The standard InChI is InChI=1S/C17H19NO2/c1-18-16(13-6-4-3-5-7-13)12-17(20-18)14-8-10-15(19-2)11-9-14/h3-11,16-17H,12H2,1-2H3/t16-,17+/m1/s1. The molecule has 104 valence electrons. The van der Waals surface area contributed by atoms with Gasteiger partial charge in [-0.05, 0) is 23.3 Å².